The Morgan fingerprint density at radius 3 is 2.31 bits per heavy atom. The molecule has 3 aromatic rings. The number of benzene rings is 3. The number of nitrogens with zero attached hydrogens (tertiary/aromatic N) is 1. The van der Waals surface area contributed by atoms with E-state index < -0.39 is 5.91 Å². The Labute approximate surface area is 220 Å². The van der Waals surface area contributed by atoms with E-state index in [0.717, 1.165) is 16.7 Å². The maximum atomic E-state index is 12.8. The minimum absolute atomic E-state index is 0.0584. The number of carbonyl (C=O) groups is 3. The second-order valence-electron chi connectivity index (χ2n) is 7.42. The van der Waals surface area contributed by atoms with Gasteiger partial charge in [0.15, 0.2) is 6.61 Å². The summed E-state index contributed by atoms with van der Waals surface area (Å²) in [5, 5.41) is 3.78. The summed E-state index contributed by atoms with van der Waals surface area (Å²) in [5.41, 5.74) is 1.95. The van der Waals surface area contributed by atoms with Crippen molar-refractivity contribution in [1.82, 2.24) is 4.90 Å². The summed E-state index contributed by atoms with van der Waals surface area (Å²) in [6, 6.07) is 18.5. The molecule has 1 N–H and O–H groups in total. The van der Waals surface area contributed by atoms with Gasteiger partial charge in [-0.2, -0.15) is 0 Å². The van der Waals surface area contributed by atoms with E-state index in [2.05, 4.69) is 5.32 Å². The first-order valence-electron chi connectivity index (χ1n) is 10.3. The summed E-state index contributed by atoms with van der Waals surface area (Å²) < 4.78 is 5.51. The number of thioether (sulfide) groups is 1. The van der Waals surface area contributed by atoms with E-state index in [-0.39, 0.29) is 24.3 Å². The van der Waals surface area contributed by atoms with E-state index in [1.165, 1.54) is 0 Å². The molecule has 178 valence electrons. The van der Waals surface area contributed by atoms with Crippen LogP contribution in [-0.2, 0) is 16.1 Å². The zero-order chi connectivity index (χ0) is 24.9. The van der Waals surface area contributed by atoms with E-state index in [0.29, 0.717) is 42.5 Å². The van der Waals surface area contributed by atoms with Crippen LogP contribution >= 0.6 is 46.6 Å². The zero-order valence-corrected chi connectivity index (χ0v) is 21.0. The summed E-state index contributed by atoms with van der Waals surface area (Å²) in [6.45, 7) is -0.114. The molecule has 0 radical (unpaired) electrons. The van der Waals surface area contributed by atoms with Crippen molar-refractivity contribution in [3.05, 3.63) is 97.8 Å². The largest absolute Gasteiger partial charge is 0.484 e. The maximum Gasteiger partial charge on any atom is 0.293 e. The van der Waals surface area contributed by atoms with Crippen LogP contribution in [0.2, 0.25) is 15.1 Å². The average molecular weight is 548 g/mol. The molecule has 1 fully saturated rings. The minimum atomic E-state index is -0.398. The predicted octanol–water partition coefficient (Wildman–Crippen LogP) is 6.90. The van der Waals surface area contributed by atoms with Gasteiger partial charge >= 0.3 is 0 Å². The van der Waals surface area contributed by atoms with Crippen LogP contribution in [0.4, 0.5) is 10.5 Å². The molecule has 10 heteroatoms. The first-order chi connectivity index (χ1) is 16.8. The first kappa shape index (κ1) is 25.1. The molecule has 0 aromatic heterocycles. The molecule has 1 aliphatic heterocycles. The Bertz CT molecular complexity index is 1310. The molecule has 0 aliphatic carbocycles. The van der Waals surface area contributed by atoms with Gasteiger partial charge in [-0.15, -0.1) is 0 Å². The molecule has 0 saturated carbocycles. The van der Waals surface area contributed by atoms with Crippen molar-refractivity contribution in [2.45, 2.75) is 6.54 Å². The van der Waals surface area contributed by atoms with Gasteiger partial charge in [0.25, 0.3) is 17.1 Å². The fourth-order valence-electron chi connectivity index (χ4n) is 3.15. The second kappa shape index (κ2) is 11.2. The Morgan fingerprint density at radius 1 is 0.943 bits per heavy atom. The van der Waals surface area contributed by atoms with Gasteiger partial charge in [-0.05, 0) is 77.5 Å². The Kier molecular flexibility index (Phi) is 8.03. The van der Waals surface area contributed by atoms with E-state index in [9.17, 15) is 14.4 Å². The first-order valence-corrected chi connectivity index (χ1v) is 12.2. The van der Waals surface area contributed by atoms with Gasteiger partial charge in [0.2, 0.25) is 0 Å². The topological polar surface area (TPSA) is 75.7 Å². The van der Waals surface area contributed by atoms with Crippen molar-refractivity contribution in [3.8, 4) is 5.75 Å². The van der Waals surface area contributed by atoms with E-state index in [1.54, 1.807) is 72.8 Å². The highest BCUT2D eigenvalue weighted by Gasteiger charge is 2.35. The SMILES string of the molecule is O=C(COc1ccc(/C=C2\SC(=O)N(Cc3ccc(Cl)cc3Cl)C2=O)cc1)Nc1ccc(Cl)cc1. The summed E-state index contributed by atoms with van der Waals surface area (Å²) in [6.07, 6.45) is 1.63. The second-order valence-corrected chi connectivity index (χ2v) is 9.69. The molecule has 0 bridgehead atoms. The van der Waals surface area contributed by atoms with Crippen LogP contribution < -0.4 is 10.1 Å². The molecule has 35 heavy (non-hydrogen) atoms. The van der Waals surface area contributed by atoms with Crippen LogP contribution in [0.5, 0.6) is 5.75 Å². The summed E-state index contributed by atoms with van der Waals surface area (Å²) in [5.74, 6) is -0.227. The molecule has 3 amide bonds. The minimum Gasteiger partial charge on any atom is -0.484 e. The van der Waals surface area contributed by atoms with Crippen LogP contribution in [0, 0.1) is 0 Å². The summed E-state index contributed by atoms with van der Waals surface area (Å²) >= 11 is 18.8. The Morgan fingerprint density at radius 2 is 1.63 bits per heavy atom. The number of amides is 3. The molecular formula is C25H17Cl3N2O4S. The highest BCUT2D eigenvalue weighted by Crippen LogP contribution is 2.34. The lowest BCUT2D eigenvalue weighted by Crippen LogP contribution is -2.27. The van der Waals surface area contributed by atoms with Crippen molar-refractivity contribution in [1.29, 1.82) is 0 Å². The molecule has 1 heterocycles. The molecule has 3 aromatic carbocycles. The van der Waals surface area contributed by atoms with E-state index in [1.807, 2.05) is 0 Å². The number of halogens is 3. The third-order valence-corrected chi connectivity index (χ3v) is 6.64. The number of carbonyl (C=O) groups excluding carboxylic acids is 3. The maximum absolute atomic E-state index is 12.8. The van der Waals surface area contributed by atoms with Crippen molar-refractivity contribution < 1.29 is 19.1 Å². The van der Waals surface area contributed by atoms with Gasteiger partial charge < -0.3 is 10.1 Å². The molecular weight excluding hydrogens is 531 g/mol. The van der Waals surface area contributed by atoms with Crippen LogP contribution in [0.1, 0.15) is 11.1 Å². The molecule has 1 aliphatic rings. The normalized spacial score (nSPS) is 14.5. The lowest BCUT2D eigenvalue weighted by Gasteiger charge is -2.13. The van der Waals surface area contributed by atoms with Crippen LogP contribution in [0.25, 0.3) is 6.08 Å². The van der Waals surface area contributed by atoms with Gasteiger partial charge in [0, 0.05) is 20.8 Å². The predicted molar refractivity (Wildman–Crippen MR) is 140 cm³/mol. The monoisotopic (exact) mass is 546 g/mol. The number of anilines is 1. The number of imide groups is 1. The van der Waals surface area contributed by atoms with Crippen LogP contribution in [0.3, 0.4) is 0 Å². The number of nitrogens with one attached hydrogen (secondary N) is 1. The molecule has 0 atom stereocenters. The molecule has 4 rings (SSSR count). The fraction of sp³-hybridized carbons (Fsp3) is 0.0800. The van der Waals surface area contributed by atoms with Crippen molar-refractivity contribution in [3.63, 3.8) is 0 Å². The third kappa shape index (κ3) is 6.58. The highest BCUT2D eigenvalue weighted by molar-refractivity contribution is 8.18. The van der Waals surface area contributed by atoms with Crippen molar-refractivity contribution in [2.24, 2.45) is 0 Å². The van der Waals surface area contributed by atoms with E-state index >= 15 is 0 Å². The van der Waals surface area contributed by atoms with E-state index in [4.69, 9.17) is 39.5 Å². The smallest absolute Gasteiger partial charge is 0.293 e. The molecule has 1 saturated heterocycles. The zero-order valence-electron chi connectivity index (χ0n) is 18.0. The number of hydrogen-bond acceptors (Lipinski definition) is 5. The van der Waals surface area contributed by atoms with Crippen LogP contribution in [-0.4, -0.2) is 28.6 Å². The lowest BCUT2D eigenvalue weighted by molar-refractivity contribution is -0.123. The van der Waals surface area contributed by atoms with Crippen molar-refractivity contribution >= 4 is 75.4 Å². The third-order valence-electron chi connectivity index (χ3n) is 4.89. The standard InChI is InChI=1S/C25H17Cl3N2O4S/c26-17-5-7-19(8-6-17)29-23(31)14-34-20-9-1-15(2-10-20)11-22-24(32)30(25(33)35-22)13-16-3-4-18(27)12-21(16)28/h1-12H,13-14H2,(H,29,31)/b22-11-. The Hall–Kier alpha value is -2.97. The molecule has 0 spiro atoms. The number of rotatable bonds is 7. The summed E-state index contributed by atoms with van der Waals surface area (Å²) in [7, 11) is 0. The van der Waals surface area contributed by atoms with Gasteiger partial charge in [0.1, 0.15) is 5.75 Å². The van der Waals surface area contributed by atoms with Gasteiger partial charge in [-0.1, -0.05) is 53.0 Å². The fourth-order valence-corrected chi connectivity index (χ4v) is 4.58. The Balaban J connectivity index is 1.34. The molecule has 6 nitrogen and oxygen atoms in total. The van der Waals surface area contributed by atoms with Gasteiger partial charge in [-0.3, -0.25) is 19.3 Å². The molecule has 0 unspecified atom stereocenters. The van der Waals surface area contributed by atoms with Crippen molar-refractivity contribution in [2.75, 3.05) is 11.9 Å². The van der Waals surface area contributed by atoms with Gasteiger partial charge in [0.05, 0.1) is 11.4 Å². The van der Waals surface area contributed by atoms with Gasteiger partial charge in [-0.25, -0.2) is 0 Å². The van der Waals surface area contributed by atoms with Crippen LogP contribution in [0.15, 0.2) is 71.6 Å². The quantitative estimate of drug-likeness (QED) is 0.326. The number of hydrogen-bond donors (Lipinski definition) is 1. The average Bonchev–Trinajstić information content (AvgIpc) is 3.09. The highest BCUT2D eigenvalue weighted by atomic mass is 35.5. The lowest BCUT2D eigenvalue weighted by atomic mass is 10.2. The summed E-state index contributed by atoms with van der Waals surface area (Å²) in [4.78, 5) is 38.7. The number of ether oxygens (including phenoxy) is 1.